The number of ketones is 2. The molecule has 1 spiro atoms. The minimum absolute atomic E-state index is 0.00243. The number of aromatic hydroxyl groups is 2. The lowest BCUT2D eigenvalue weighted by atomic mass is 9.54. The molecule has 10 nitrogen and oxygen atoms in total. The molecule has 0 saturated carbocycles. The number of aliphatic hydroxyl groups excluding tert-OH is 1. The first kappa shape index (κ1) is 27.3. The van der Waals surface area contributed by atoms with E-state index in [9.17, 15) is 34.8 Å². The minimum atomic E-state index is -2.84. The summed E-state index contributed by atoms with van der Waals surface area (Å²) in [6.45, 7) is 6.36. The van der Waals surface area contributed by atoms with E-state index in [4.69, 9.17) is 15.2 Å². The van der Waals surface area contributed by atoms with Gasteiger partial charge in [0.1, 0.15) is 28.6 Å². The van der Waals surface area contributed by atoms with Crippen LogP contribution in [0.4, 0.5) is 0 Å². The molecule has 4 aliphatic rings. The third kappa shape index (κ3) is 2.96. The van der Waals surface area contributed by atoms with E-state index in [1.165, 1.54) is 20.3 Å². The highest BCUT2D eigenvalue weighted by Gasteiger charge is 2.64. The lowest BCUT2D eigenvalue weighted by molar-refractivity contribution is -0.145. The molecule has 0 fully saturated rings. The molecule has 0 aromatic heterocycles. The van der Waals surface area contributed by atoms with Gasteiger partial charge in [-0.25, -0.2) is 0 Å². The number of amides is 1. The molecule has 4 atom stereocenters. The molecule has 1 amide bonds. The summed E-state index contributed by atoms with van der Waals surface area (Å²) in [6.07, 6.45) is 2.67. The second-order valence-corrected chi connectivity index (χ2v) is 12.3. The monoisotopic (exact) mass is 563 g/mol. The van der Waals surface area contributed by atoms with Gasteiger partial charge in [-0.15, -0.1) is 0 Å². The summed E-state index contributed by atoms with van der Waals surface area (Å²) >= 11 is 0. The van der Waals surface area contributed by atoms with Crippen LogP contribution in [0.2, 0.25) is 0 Å². The molecule has 6 N–H and O–H groups in total. The molecule has 0 bridgehead atoms. The quantitative estimate of drug-likeness (QED) is 0.213. The molecule has 0 aliphatic heterocycles. The maximum absolute atomic E-state index is 14.2. The highest BCUT2D eigenvalue weighted by molar-refractivity contribution is 6.33. The molecule has 4 aliphatic carbocycles. The molecule has 0 saturated heterocycles. The van der Waals surface area contributed by atoms with Crippen molar-refractivity contribution in [2.75, 3.05) is 14.2 Å². The number of benzene rings is 2. The highest BCUT2D eigenvalue weighted by atomic mass is 16.5. The molecule has 41 heavy (non-hydrogen) atoms. The normalized spacial score (nSPS) is 30.0. The van der Waals surface area contributed by atoms with E-state index in [0.717, 1.165) is 24.0 Å². The van der Waals surface area contributed by atoms with Gasteiger partial charge in [0.15, 0.2) is 5.60 Å². The zero-order valence-electron chi connectivity index (χ0n) is 23.5. The molecular formula is C31H33NO9. The standard InChI is InChI=1S/C31H33NO9/c1-12-7-6-8-29(2,3)30(12)11-13-18-20(16(34)10-17(40-4)23(18)30)24(35)22-19(13)25(41-5)14-9-15(33)21(28(32)38)26(36)31(14,39)27(22)37/h7,10,14,25,33-35,39H,6,8-9,11H2,1-5H3,(H2,32,38)/t14-,25-,30+,31-/m0/s1. The number of carbonyl (C=O) groups is 3. The van der Waals surface area contributed by atoms with Crippen molar-refractivity contribution in [3.05, 3.63) is 51.3 Å². The third-order valence-corrected chi connectivity index (χ3v) is 10.3. The van der Waals surface area contributed by atoms with Gasteiger partial charge in [-0.2, -0.15) is 0 Å². The number of Topliss-reactive ketones (excluding diaryl/α,β-unsaturated/α-hetero) is 2. The van der Waals surface area contributed by atoms with Gasteiger partial charge >= 0.3 is 0 Å². The largest absolute Gasteiger partial charge is 0.511 e. The van der Waals surface area contributed by atoms with Crippen molar-refractivity contribution < 1.29 is 44.3 Å². The van der Waals surface area contributed by atoms with E-state index < -0.39 is 64.0 Å². The molecule has 0 unspecified atom stereocenters. The number of phenolic OH excluding ortho intramolecular Hbond substituents is 2. The van der Waals surface area contributed by atoms with Gasteiger partial charge in [0.25, 0.3) is 5.91 Å². The van der Waals surface area contributed by atoms with Crippen molar-refractivity contribution in [2.45, 2.75) is 63.6 Å². The SMILES string of the molecule is COc1cc(O)c2c(O)c3c(c4c2c1[C@@]1(C4)C(C)=CCCC1(C)C)[C@@H](OC)[C@@H]1CC(O)=C(C(N)=O)C(=O)[C@]1(O)C3=O. The molecule has 10 heteroatoms. The number of fused-ring (bicyclic) bond motifs is 4. The van der Waals surface area contributed by atoms with Crippen LogP contribution >= 0.6 is 0 Å². The van der Waals surface area contributed by atoms with Crippen LogP contribution in [-0.4, -0.2) is 57.7 Å². The van der Waals surface area contributed by atoms with E-state index in [1.54, 1.807) is 0 Å². The van der Waals surface area contributed by atoms with Crippen molar-refractivity contribution >= 4 is 28.2 Å². The molecule has 216 valence electrons. The van der Waals surface area contributed by atoms with Crippen LogP contribution in [0, 0.1) is 11.3 Å². The zero-order chi connectivity index (χ0) is 30.0. The molecule has 0 heterocycles. The molecule has 2 aromatic carbocycles. The first-order valence-electron chi connectivity index (χ1n) is 13.6. The van der Waals surface area contributed by atoms with E-state index in [-0.39, 0.29) is 27.7 Å². The van der Waals surface area contributed by atoms with Crippen molar-refractivity contribution in [2.24, 2.45) is 17.1 Å². The second-order valence-electron chi connectivity index (χ2n) is 12.3. The fraction of sp³-hybridized carbons (Fsp3) is 0.452. The topological polar surface area (TPSA) is 177 Å². The average molecular weight is 564 g/mol. The Morgan fingerprint density at radius 2 is 1.78 bits per heavy atom. The van der Waals surface area contributed by atoms with Gasteiger partial charge in [-0.1, -0.05) is 25.5 Å². The lowest BCUT2D eigenvalue weighted by Gasteiger charge is -2.49. The molecule has 0 radical (unpaired) electrons. The Morgan fingerprint density at radius 1 is 1.10 bits per heavy atom. The highest BCUT2D eigenvalue weighted by Crippen LogP contribution is 2.66. The number of carbonyl (C=O) groups excluding carboxylic acids is 3. The van der Waals surface area contributed by atoms with Crippen molar-refractivity contribution in [1.29, 1.82) is 0 Å². The summed E-state index contributed by atoms with van der Waals surface area (Å²) in [5.41, 5.74) is 3.07. The van der Waals surface area contributed by atoms with Crippen LogP contribution in [0.5, 0.6) is 17.2 Å². The predicted octanol–water partition coefficient (Wildman–Crippen LogP) is 3.32. The first-order chi connectivity index (χ1) is 19.2. The number of hydrogen-bond donors (Lipinski definition) is 5. The Balaban J connectivity index is 1.77. The van der Waals surface area contributed by atoms with Gasteiger partial charge in [0.05, 0.1) is 24.2 Å². The van der Waals surface area contributed by atoms with E-state index in [0.29, 0.717) is 23.1 Å². The fourth-order valence-electron chi connectivity index (χ4n) is 8.35. The number of rotatable bonds is 3. The van der Waals surface area contributed by atoms with E-state index in [2.05, 4.69) is 19.9 Å². The number of aliphatic hydroxyl groups is 2. The lowest BCUT2D eigenvalue weighted by Crippen LogP contribution is -2.61. The summed E-state index contributed by atoms with van der Waals surface area (Å²) in [5, 5.41) is 45.9. The Bertz CT molecular complexity index is 1680. The summed E-state index contributed by atoms with van der Waals surface area (Å²) in [6, 6.07) is 1.41. The number of hydrogen-bond acceptors (Lipinski definition) is 9. The third-order valence-electron chi connectivity index (χ3n) is 10.3. The van der Waals surface area contributed by atoms with Crippen LogP contribution in [0.1, 0.15) is 73.2 Å². The Morgan fingerprint density at radius 3 is 2.37 bits per heavy atom. The Labute approximate surface area is 236 Å². The number of allylic oxidation sites excluding steroid dienone is 3. The zero-order valence-corrected chi connectivity index (χ0v) is 23.5. The van der Waals surface area contributed by atoms with Crippen molar-refractivity contribution in [1.82, 2.24) is 0 Å². The second kappa shape index (κ2) is 8.33. The fourth-order valence-corrected chi connectivity index (χ4v) is 8.35. The maximum Gasteiger partial charge on any atom is 0.255 e. The Hall–Kier alpha value is -3.89. The van der Waals surface area contributed by atoms with Crippen LogP contribution in [0.15, 0.2) is 29.0 Å². The molecule has 2 aromatic rings. The van der Waals surface area contributed by atoms with Crippen molar-refractivity contribution in [3.63, 3.8) is 0 Å². The minimum Gasteiger partial charge on any atom is -0.511 e. The number of ether oxygens (including phenoxy) is 2. The van der Waals surface area contributed by atoms with Crippen LogP contribution in [0.25, 0.3) is 10.8 Å². The van der Waals surface area contributed by atoms with Crippen molar-refractivity contribution in [3.8, 4) is 17.2 Å². The van der Waals surface area contributed by atoms with Crippen LogP contribution in [-0.2, 0) is 26.2 Å². The average Bonchev–Trinajstić information content (AvgIpc) is 3.26. The smallest absolute Gasteiger partial charge is 0.255 e. The summed E-state index contributed by atoms with van der Waals surface area (Å²) in [4.78, 5) is 39.7. The summed E-state index contributed by atoms with van der Waals surface area (Å²) in [5.74, 6) is -6.25. The van der Waals surface area contributed by atoms with Crippen LogP contribution in [0.3, 0.4) is 0 Å². The number of primary amides is 1. The number of nitrogens with two attached hydrogens (primary N) is 1. The van der Waals surface area contributed by atoms with E-state index >= 15 is 0 Å². The predicted molar refractivity (Wildman–Crippen MR) is 147 cm³/mol. The van der Waals surface area contributed by atoms with Gasteiger partial charge < -0.3 is 35.6 Å². The first-order valence-corrected chi connectivity index (χ1v) is 13.6. The number of methoxy groups -OCH3 is 2. The molecular weight excluding hydrogens is 530 g/mol. The summed E-state index contributed by atoms with van der Waals surface area (Å²) < 4.78 is 11.7. The molecule has 6 rings (SSSR count). The van der Waals surface area contributed by atoms with Crippen LogP contribution < -0.4 is 10.5 Å². The Kier molecular flexibility index (Phi) is 5.54. The van der Waals surface area contributed by atoms with Gasteiger partial charge in [-0.3, -0.25) is 14.4 Å². The summed E-state index contributed by atoms with van der Waals surface area (Å²) in [7, 11) is 2.86. The van der Waals surface area contributed by atoms with Gasteiger partial charge in [-0.05, 0) is 42.7 Å². The van der Waals surface area contributed by atoms with E-state index in [1.807, 2.05) is 6.92 Å². The number of phenols is 2. The van der Waals surface area contributed by atoms with Gasteiger partial charge in [0, 0.05) is 41.9 Å². The van der Waals surface area contributed by atoms with Gasteiger partial charge in [0.2, 0.25) is 11.6 Å². The maximum atomic E-state index is 14.2.